The van der Waals surface area contributed by atoms with E-state index in [0.717, 1.165) is 6.07 Å². The molecule has 1 atom stereocenters. The van der Waals surface area contributed by atoms with Crippen molar-refractivity contribution < 1.29 is 18.0 Å². The summed E-state index contributed by atoms with van der Waals surface area (Å²) in [7, 11) is 0. The summed E-state index contributed by atoms with van der Waals surface area (Å²) < 4.78 is 38.9. The predicted molar refractivity (Wildman–Crippen MR) is 75.2 cm³/mol. The van der Waals surface area contributed by atoms with E-state index >= 15 is 0 Å². The summed E-state index contributed by atoms with van der Waals surface area (Å²) in [6.07, 6.45) is -4.56. The van der Waals surface area contributed by atoms with Gasteiger partial charge in [-0.3, -0.25) is 4.79 Å². The Morgan fingerprint density at radius 1 is 1.40 bits per heavy atom. The number of hydrogen-bond acceptors (Lipinski definition) is 2. The first-order valence-electron chi connectivity index (χ1n) is 6.03. The van der Waals surface area contributed by atoms with Crippen molar-refractivity contribution in [1.82, 2.24) is 0 Å². The number of nitrogens with two attached hydrogens (primary N) is 1. The zero-order valence-electron chi connectivity index (χ0n) is 11.1. The van der Waals surface area contributed by atoms with E-state index < -0.39 is 17.6 Å². The number of hydrogen-bond donors (Lipinski definition) is 2. The fourth-order valence-corrected chi connectivity index (χ4v) is 1.87. The molecule has 0 aliphatic rings. The normalized spacial score (nSPS) is 13.4. The van der Waals surface area contributed by atoms with Crippen molar-refractivity contribution in [2.24, 2.45) is 11.7 Å². The van der Waals surface area contributed by atoms with Crippen molar-refractivity contribution in [2.45, 2.75) is 32.5 Å². The van der Waals surface area contributed by atoms with Gasteiger partial charge in [0.25, 0.3) is 0 Å². The average Bonchev–Trinajstić information content (AvgIpc) is 2.29. The van der Waals surface area contributed by atoms with Gasteiger partial charge in [-0.05, 0) is 24.1 Å². The summed E-state index contributed by atoms with van der Waals surface area (Å²) >= 11 is 2.98. The molecule has 1 amide bonds. The van der Waals surface area contributed by atoms with Crippen LogP contribution in [0, 0.1) is 5.92 Å². The Morgan fingerprint density at radius 2 is 2.00 bits per heavy atom. The average molecular weight is 353 g/mol. The lowest BCUT2D eigenvalue weighted by molar-refractivity contribution is -0.137. The van der Waals surface area contributed by atoms with Crippen LogP contribution in [0.25, 0.3) is 0 Å². The van der Waals surface area contributed by atoms with E-state index in [9.17, 15) is 18.0 Å². The van der Waals surface area contributed by atoms with Gasteiger partial charge in [-0.15, -0.1) is 0 Å². The first kappa shape index (κ1) is 17.0. The van der Waals surface area contributed by atoms with Crippen molar-refractivity contribution in [3.8, 4) is 0 Å². The molecule has 0 saturated carbocycles. The Morgan fingerprint density at radius 3 is 2.50 bits per heavy atom. The number of carbonyl (C=O) groups excluding carboxylic acids is 1. The molecule has 0 spiro atoms. The summed E-state index contributed by atoms with van der Waals surface area (Å²) in [6, 6.07) is 3.19. The van der Waals surface area contributed by atoms with E-state index in [1.807, 2.05) is 13.8 Å². The lowest BCUT2D eigenvalue weighted by Crippen LogP contribution is -2.31. The Hall–Kier alpha value is -1.08. The lowest BCUT2D eigenvalue weighted by Gasteiger charge is -2.17. The van der Waals surface area contributed by atoms with E-state index in [2.05, 4.69) is 21.2 Å². The lowest BCUT2D eigenvalue weighted by atomic mass is 10.0. The molecule has 7 heteroatoms. The van der Waals surface area contributed by atoms with Gasteiger partial charge in [0.1, 0.15) is 0 Å². The van der Waals surface area contributed by atoms with Crippen molar-refractivity contribution in [2.75, 3.05) is 5.32 Å². The van der Waals surface area contributed by atoms with Gasteiger partial charge in [0, 0.05) is 16.9 Å². The minimum Gasteiger partial charge on any atom is -0.327 e. The number of halogens is 4. The summed E-state index contributed by atoms with van der Waals surface area (Å²) in [6.45, 7) is 3.69. The number of carbonyl (C=O) groups is 1. The molecule has 3 N–H and O–H groups in total. The second-order valence-corrected chi connectivity index (χ2v) is 5.76. The van der Waals surface area contributed by atoms with Crippen LogP contribution in [-0.2, 0) is 11.0 Å². The summed E-state index contributed by atoms with van der Waals surface area (Å²) in [5.74, 6) is -0.452. The standard InChI is InChI=1S/C13H16BrF3N2O/c1-7(2)10(18)6-12(20)19-11-4-3-8(14)5-9(11)13(15,16)17/h3-5,7,10H,6,18H2,1-2H3,(H,19,20). The quantitative estimate of drug-likeness (QED) is 0.866. The Labute approximate surface area is 123 Å². The zero-order chi connectivity index (χ0) is 15.5. The van der Waals surface area contributed by atoms with Crippen molar-refractivity contribution in [3.63, 3.8) is 0 Å². The number of nitrogens with one attached hydrogen (secondary N) is 1. The third-order valence-corrected chi connectivity index (χ3v) is 3.33. The molecule has 0 fully saturated rings. The molecule has 0 aliphatic heterocycles. The SMILES string of the molecule is CC(C)C(N)CC(=O)Nc1ccc(Br)cc1C(F)(F)F. The molecule has 1 aromatic carbocycles. The third-order valence-electron chi connectivity index (χ3n) is 2.84. The second kappa shape index (κ2) is 6.58. The van der Waals surface area contributed by atoms with E-state index in [0.29, 0.717) is 4.47 Å². The van der Waals surface area contributed by atoms with Crippen molar-refractivity contribution in [3.05, 3.63) is 28.2 Å². The van der Waals surface area contributed by atoms with Gasteiger partial charge in [0.2, 0.25) is 5.91 Å². The first-order chi connectivity index (χ1) is 9.11. The molecule has 1 rings (SSSR count). The molecule has 0 heterocycles. The predicted octanol–water partition coefficient (Wildman–Crippen LogP) is 3.78. The number of amides is 1. The molecular formula is C13H16BrF3N2O. The largest absolute Gasteiger partial charge is 0.418 e. The number of alkyl halides is 3. The van der Waals surface area contributed by atoms with E-state index in [-0.39, 0.29) is 24.1 Å². The van der Waals surface area contributed by atoms with Gasteiger partial charge in [0.05, 0.1) is 11.3 Å². The molecule has 0 aliphatic carbocycles. The zero-order valence-corrected chi connectivity index (χ0v) is 12.7. The summed E-state index contributed by atoms with van der Waals surface area (Å²) in [4.78, 5) is 11.7. The molecule has 1 unspecified atom stereocenters. The van der Waals surface area contributed by atoms with Gasteiger partial charge in [0.15, 0.2) is 0 Å². The molecule has 112 valence electrons. The minimum absolute atomic E-state index is 0.0228. The maximum Gasteiger partial charge on any atom is 0.418 e. The molecule has 3 nitrogen and oxygen atoms in total. The topological polar surface area (TPSA) is 55.1 Å². The third kappa shape index (κ3) is 4.79. The van der Waals surface area contributed by atoms with Crippen LogP contribution in [-0.4, -0.2) is 11.9 Å². The highest BCUT2D eigenvalue weighted by atomic mass is 79.9. The summed E-state index contributed by atoms with van der Waals surface area (Å²) in [5.41, 5.74) is 4.58. The van der Waals surface area contributed by atoms with Gasteiger partial charge in [-0.2, -0.15) is 13.2 Å². The summed E-state index contributed by atoms with van der Waals surface area (Å²) in [5, 5.41) is 2.27. The molecular weight excluding hydrogens is 337 g/mol. The molecule has 0 aromatic heterocycles. The molecule has 20 heavy (non-hydrogen) atoms. The van der Waals surface area contributed by atoms with E-state index in [4.69, 9.17) is 5.73 Å². The first-order valence-corrected chi connectivity index (χ1v) is 6.82. The van der Waals surface area contributed by atoms with Crippen LogP contribution in [0.2, 0.25) is 0 Å². The van der Waals surface area contributed by atoms with Crippen molar-refractivity contribution in [1.29, 1.82) is 0 Å². The van der Waals surface area contributed by atoms with Crippen LogP contribution in [0.5, 0.6) is 0 Å². The highest BCUT2D eigenvalue weighted by Crippen LogP contribution is 2.36. The van der Waals surface area contributed by atoms with Crippen LogP contribution in [0.1, 0.15) is 25.8 Å². The fourth-order valence-electron chi connectivity index (χ4n) is 1.51. The Bertz CT molecular complexity index is 489. The second-order valence-electron chi connectivity index (χ2n) is 4.85. The maximum absolute atomic E-state index is 12.9. The monoisotopic (exact) mass is 352 g/mol. The van der Waals surface area contributed by atoms with Crippen molar-refractivity contribution >= 4 is 27.5 Å². The van der Waals surface area contributed by atoms with Gasteiger partial charge in [-0.25, -0.2) is 0 Å². The minimum atomic E-state index is -4.54. The number of anilines is 1. The van der Waals surface area contributed by atoms with E-state index in [1.54, 1.807) is 0 Å². The van der Waals surface area contributed by atoms with Crippen LogP contribution in [0.15, 0.2) is 22.7 Å². The Balaban J connectivity index is 2.90. The van der Waals surface area contributed by atoms with Crippen LogP contribution >= 0.6 is 15.9 Å². The number of benzene rings is 1. The molecule has 0 saturated heterocycles. The smallest absolute Gasteiger partial charge is 0.327 e. The molecule has 0 radical (unpaired) electrons. The fraction of sp³-hybridized carbons (Fsp3) is 0.462. The maximum atomic E-state index is 12.9. The van der Waals surface area contributed by atoms with Crippen LogP contribution in [0.3, 0.4) is 0 Å². The highest BCUT2D eigenvalue weighted by molar-refractivity contribution is 9.10. The highest BCUT2D eigenvalue weighted by Gasteiger charge is 2.34. The van der Waals surface area contributed by atoms with Crippen LogP contribution in [0.4, 0.5) is 18.9 Å². The van der Waals surface area contributed by atoms with Gasteiger partial charge in [-0.1, -0.05) is 29.8 Å². The molecule has 1 aromatic rings. The van der Waals surface area contributed by atoms with Gasteiger partial charge < -0.3 is 11.1 Å². The Kier molecular flexibility index (Phi) is 5.59. The van der Waals surface area contributed by atoms with Crippen LogP contribution < -0.4 is 11.1 Å². The van der Waals surface area contributed by atoms with Gasteiger partial charge >= 0.3 is 6.18 Å². The number of rotatable bonds is 4. The molecule has 0 bridgehead atoms. The van der Waals surface area contributed by atoms with E-state index in [1.165, 1.54) is 12.1 Å².